The number of benzene rings is 2. The number of fused-ring (bicyclic) bond motifs is 3. The Balaban J connectivity index is 1.17. The van der Waals surface area contributed by atoms with E-state index in [0.29, 0.717) is 18.1 Å². The van der Waals surface area contributed by atoms with E-state index in [2.05, 4.69) is 46.6 Å². The molecular weight excluding hydrogens is 372 g/mol. The Bertz CT molecular complexity index is 880. The summed E-state index contributed by atoms with van der Waals surface area (Å²) in [5, 5.41) is 3.44. The lowest BCUT2D eigenvalue weighted by molar-refractivity contribution is -0.126. The first kappa shape index (κ1) is 19.6. The van der Waals surface area contributed by atoms with Crippen LogP contribution in [-0.4, -0.2) is 36.0 Å². The zero-order chi connectivity index (χ0) is 20.5. The highest BCUT2D eigenvalue weighted by Crippen LogP contribution is 2.37. The average Bonchev–Trinajstić information content (AvgIpc) is 3.01. The van der Waals surface area contributed by atoms with Gasteiger partial charge in [-0.2, -0.15) is 0 Å². The Labute approximate surface area is 179 Å². The van der Waals surface area contributed by atoms with Crippen molar-refractivity contribution < 1.29 is 9.53 Å². The molecule has 2 saturated heterocycles. The maximum Gasteiger partial charge on any atom is 0.223 e. The summed E-state index contributed by atoms with van der Waals surface area (Å²) in [7, 11) is 1.71. The minimum absolute atomic E-state index is 0.134. The number of hydrogen-bond donors (Lipinski definition) is 1. The van der Waals surface area contributed by atoms with E-state index in [1.807, 2.05) is 12.1 Å². The van der Waals surface area contributed by atoms with E-state index in [1.54, 1.807) is 7.11 Å². The van der Waals surface area contributed by atoms with E-state index in [4.69, 9.17) is 4.74 Å². The summed E-state index contributed by atoms with van der Waals surface area (Å²) in [6.45, 7) is 0.999. The lowest BCUT2D eigenvalue weighted by Crippen LogP contribution is -2.51. The molecule has 4 heteroatoms. The van der Waals surface area contributed by atoms with Crippen molar-refractivity contribution in [2.24, 2.45) is 5.92 Å². The number of piperidine rings is 1. The molecule has 3 unspecified atom stereocenters. The Hall–Kier alpha value is -2.33. The van der Waals surface area contributed by atoms with Crippen LogP contribution in [0.2, 0.25) is 0 Å². The lowest BCUT2D eigenvalue weighted by atomic mass is 9.83. The molecule has 0 radical (unpaired) electrons. The highest BCUT2D eigenvalue weighted by atomic mass is 16.5. The average molecular weight is 405 g/mol. The molecule has 2 fully saturated rings. The van der Waals surface area contributed by atoms with Crippen LogP contribution in [-0.2, 0) is 24.2 Å². The highest BCUT2D eigenvalue weighted by molar-refractivity contribution is 5.79. The molecule has 3 aliphatic rings. The number of hydrogen-bond acceptors (Lipinski definition) is 3. The van der Waals surface area contributed by atoms with Crippen LogP contribution in [0, 0.1) is 5.92 Å². The van der Waals surface area contributed by atoms with Gasteiger partial charge in [-0.15, -0.1) is 0 Å². The SMILES string of the molecule is COc1ccc(CN2C3CCC2CC(NC(=O)C2CCc4ccccc4C2)C3)cc1. The fourth-order valence-electron chi connectivity index (χ4n) is 5.83. The van der Waals surface area contributed by atoms with E-state index in [0.717, 1.165) is 44.4 Å². The minimum atomic E-state index is 0.134. The normalized spacial score (nSPS) is 28.0. The van der Waals surface area contributed by atoms with Gasteiger partial charge < -0.3 is 10.1 Å². The molecule has 2 heterocycles. The van der Waals surface area contributed by atoms with E-state index >= 15 is 0 Å². The summed E-state index contributed by atoms with van der Waals surface area (Å²) in [6.07, 6.45) is 7.58. The van der Waals surface area contributed by atoms with Crippen LogP contribution < -0.4 is 10.1 Å². The molecule has 1 N–H and O–H groups in total. The summed E-state index contributed by atoms with van der Waals surface area (Å²) < 4.78 is 5.28. The van der Waals surface area contributed by atoms with Crippen molar-refractivity contribution in [2.75, 3.05) is 7.11 Å². The number of nitrogens with zero attached hydrogens (tertiary/aromatic N) is 1. The maximum atomic E-state index is 13.0. The van der Waals surface area contributed by atoms with Crippen molar-refractivity contribution in [1.29, 1.82) is 0 Å². The molecule has 0 saturated carbocycles. The molecule has 0 aromatic heterocycles. The molecule has 2 aromatic carbocycles. The van der Waals surface area contributed by atoms with Crippen molar-refractivity contribution in [1.82, 2.24) is 10.2 Å². The summed E-state index contributed by atoms with van der Waals surface area (Å²) in [4.78, 5) is 15.7. The Morgan fingerprint density at radius 1 is 1.00 bits per heavy atom. The zero-order valence-electron chi connectivity index (χ0n) is 17.8. The van der Waals surface area contributed by atoms with Gasteiger partial charge in [0.25, 0.3) is 0 Å². The predicted octanol–water partition coefficient (Wildman–Crippen LogP) is 4.11. The predicted molar refractivity (Wildman–Crippen MR) is 118 cm³/mol. The molecule has 2 bridgehead atoms. The number of amides is 1. The number of carbonyl (C=O) groups is 1. The zero-order valence-corrected chi connectivity index (χ0v) is 17.8. The van der Waals surface area contributed by atoms with Crippen LogP contribution in [0.15, 0.2) is 48.5 Å². The highest BCUT2D eigenvalue weighted by Gasteiger charge is 2.41. The fraction of sp³-hybridized carbons (Fsp3) is 0.500. The number of ether oxygens (including phenoxy) is 1. The van der Waals surface area contributed by atoms with Crippen LogP contribution in [0.4, 0.5) is 0 Å². The third-order valence-electron chi connectivity index (χ3n) is 7.47. The first-order valence-corrected chi connectivity index (χ1v) is 11.5. The third kappa shape index (κ3) is 3.98. The van der Waals surface area contributed by atoms with Gasteiger partial charge in [-0.1, -0.05) is 36.4 Å². The van der Waals surface area contributed by atoms with Gasteiger partial charge in [0.1, 0.15) is 5.75 Å². The van der Waals surface area contributed by atoms with Crippen molar-refractivity contribution in [3.63, 3.8) is 0 Å². The molecule has 2 aromatic rings. The van der Waals surface area contributed by atoms with Crippen LogP contribution >= 0.6 is 0 Å². The van der Waals surface area contributed by atoms with Crippen molar-refractivity contribution in [2.45, 2.75) is 69.6 Å². The van der Waals surface area contributed by atoms with Gasteiger partial charge >= 0.3 is 0 Å². The first-order valence-electron chi connectivity index (χ1n) is 11.5. The van der Waals surface area contributed by atoms with Gasteiger partial charge in [-0.25, -0.2) is 0 Å². The monoisotopic (exact) mass is 404 g/mol. The molecule has 30 heavy (non-hydrogen) atoms. The molecule has 1 amide bonds. The largest absolute Gasteiger partial charge is 0.497 e. The van der Waals surface area contributed by atoms with Gasteiger partial charge in [0.05, 0.1) is 7.11 Å². The Morgan fingerprint density at radius 3 is 2.40 bits per heavy atom. The molecule has 0 spiro atoms. The second kappa shape index (κ2) is 8.43. The van der Waals surface area contributed by atoms with Crippen molar-refractivity contribution >= 4 is 5.91 Å². The van der Waals surface area contributed by atoms with E-state index in [-0.39, 0.29) is 11.8 Å². The van der Waals surface area contributed by atoms with E-state index < -0.39 is 0 Å². The summed E-state index contributed by atoms with van der Waals surface area (Å²) in [5.74, 6) is 1.32. The van der Waals surface area contributed by atoms with Gasteiger partial charge in [-0.3, -0.25) is 9.69 Å². The Morgan fingerprint density at radius 2 is 1.70 bits per heavy atom. The van der Waals surface area contributed by atoms with E-state index in [1.165, 1.54) is 29.5 Å². The molecule has 4 nitrogen and oxygen atoms in total. The van der Waals surface area contributed by atoms with Gasteiger partial charge in [0.2, 0.25) is 5.91 Å². The minimum Gasteiger partial charge on any atom is -0.497 e. The lowest BCUT2D eigenvalue weighted by Gasteiger charge is -2.39. The molecule has 3 atom stereocenters. The van der Waals surface area contributed by atoms with Crippen LogP contribution in [0.1, 0.15) is 48.8 Å². The quantitative estimate of drug-likeness (QED) is 0.815. The second-order valence-electron chi connectivity index (χ2n) is 9.29. The number of methoxy groups -OCH3 is 1. The molecule has 2 aliphatic heterocycles. The van der Waals surface area contributed by atoms with Crippen molar-refractivity contribution in [3.8, 4) is 5.75 Å². The fourth-order valence-corrected chi connectivity index (χ4v) is 5.83. The van der Waals surface area contributed by atoms with E-state index in [9.17, 15) is 4.79 Å². The number of carbonyl (C=O) groups excluding carboxylic acids is 1. The summed E-state index contributed by atoms with van der Waals surface area (Å²) >= 11 is 0. The second-order valence-corrected chi connectivity index (χ2v) is 9.29. The van der Waals surface area contributed by atoms with Gasteiger partial charge in [0.15, 0.2) is 0 Å². The summed E-state index contributed by atoms with van der Waals surface area (Å²) in [6, 6.07) is 18.5. The number of rotatable bonds is 5. The number of nitrogens with one attached hydrogen (secondary N) is 1. The first-order chi connectivity index (χ1) is 14.7. The molecule has 5 rings (SSSR count). The van der Waals surface area contributed by atoms with Crippen LogP contribution in [0.25, 0.3) is 0 Å². The van der Waals surface area contributed by atoms with Crippen LogP contribution in [0.5, 0.6) is 5.75 Å². The Kier molecular flexibility index (Phi) is 5.51. The molecule has 158 valence electrons. The number of aryl methyl sites for hydroxylation is 1. The topological polar surface area (TPSA) is 41.6 Å². The third-order valence-corrected chi connectivity index (χ3v) is 7.47. The van der Waals surface area contributed by atoms with Gasteiger partial charge in [0, 0.05) is 30.6 Å². The molecular formula is C26H32N2O2. The van der Waals surface area contributed by atoms with Gasteiger partial charge in [-0.05, 0) is 73.8 Å². The smallest absolute Gasteiger partial charge is 0.223 e. The molecule has 1 aliphatic carbocycles. The standard InChI is InChI=1S/C26H32N2O2/c1-30-25-12-6-18(7-13-25)17-28-23-10-11-24(28)16-22(15-23)27-26(29)21-9-8-19-4-2-3-5-20(19)14-21/h2-7,12-13,21-24H,8-11,14-17H2,1H3,(H,27,29). The maximum absolute atomic E-state index is 13.0. The summed E-state index contributed by atoms with van der Waals surface area (Å²) in [5.41, 5.74) is 4.13. The van der Waals surface area contributed by atoms with Crippen LogP contribution in [0.3, 0.4) is 0 Å². The van der Waals surface area contributed by atoms with Crippen molar-refractivity contribution in [3.05, 3.63) is 65.2 Å².